The second-order valence-electron chi connectivity index (χ2n) is 4.68. The first-order valence-corrected chi connectivity index (χ1v) is 7.09. The van der Waals surface area contributed by atoms with Gasteiger partial charge in [-0.15, -0.1) is 0 Å². The van der Waals surface area contributed by atoms with E-state index in [1.807, 2.05) is 6.92 Å². The highest BCUT2D eigenvalue weighted by Crippen LogP contribution is 2.16. The van der Waals surface area contributed by atoms with Gasteiger partial charge in [-0.2, -0.15) is 0 Å². The third-order valence-electron chi connectivity index (χ3n) is 2.82. The number of ether oxygens (including phenoxy) is 1. The highest BCUT2D eigenvalue weighted by Gasteiger charge is 2.33. The number of hydrogen-bond donors (Lipinski definition) is 2. The molecule has 0 heterocycles. The molecule has 0 fully saturated rings. The number of carbonyl (C=O) groups excluding carboxylic acids is 1. The Morgan fingerprint density at radius 1 is 1.35 bits per heavy atom. The number of halogens is 1. The van der Waals surface area contributed by atoms with Crippen molar-refractivity contribution >= 4 is 27.8 Å². The van der Waals surface area contributed by atoms with Crippen molar-refractivity contribution in [1.82, 2.24) is 5.32 Å². The lowest BCUT2D eigenvalue weighted by atomic mass is 9.96. The van der Waals surface area contributed by atoms with Crippen LogP contribution in [0, 0.1) is 0 Å². The van der Waals surface area contributed by atoms with Gasteiger partial charge < -0.3 is 15.2 Å². The van der Waals surface area contributed by atoms with Crippen LogP contribution < -0.4 is 10.1 Å². The monoisotopic (exact) mass is 343 g/mol. The lowest BCUT2D eigenvalue weighted by Gasteiger charge is -2.25. The lowest BCUT2D eigenvalue weighted by Crippen LogP contribution is -2.53. The summed E-state index contributed by atoms with van der Waals surface area (Å²) in [5.74, 6) is -0.946. The van der Waals surface area contributed by atoms with E-state index in [0.717, 1.165) is 4.47 Å². The van der Waals surface area contributed by atoms with Gasteiger partial charge in [0.15, 0.2) is 6.61 Å². The predicted molar refractivity (Wildman–Crippen MR) is 78.7 cm³/mol. The van der Waals surface area contributed by atoms with Crippen molar-refractivity contribution in [3.8, 4) is 5.75 Å². The van der Waals surface area contributed by atoms with Crippen LogP contribution >= 0.6 is 15.9 Å². The maximum absolute atomic E-state index is 11.8. The Bertz CT molecular complexity index is 475. The van der Waals surface area contributed by atoms with Crippen molar-refractivity contribution in [2.24, 2.45) is 0 Å². The molecule has 0 spiro atoms. The fourth-order valence-electron chi connectivity index (χ4n) is 1.75. The Labute approximate surface area is 126 Å². The molecule has 1 atom stereocenters. The van der Waals surface area contributed by atoms with Crippen LogP contribution in [0.5, 0.6) is 5.75 Å². The zero-order valence-electron chi connectivity index (χ0n) is 11.5. The second kappa shape index (κ2) is 7.28. The van der Waals surface area contributed by atoms with Gasteiger partial charge in [-0.1, -0.05) is 29.3 Å². The van der Waals surface area contributed by atoms with Crippen molar-refractivity contribution in [3.63, 3.8) is 0 Å². The molecule has 2 N–H and O–H groups in total. The SMILES string of the molecule is CCCC(C)(NC(=O)COc1ccc(Br)cc1)C(=O)O. The number of carboxylic acid groups (broad SMARTS) is 1. The van der Waals surface area contributed by atoms with E-state index in [2.05, 4.69) is 21.2 Å². The highest BCUT2D eigenvalue weighted by atomic mass is 79.9. The largest absolute Gasteiger partial charge is 0.484 e. The molecule has 0 aliphatic heterocycles. The van der Waals surface area contributed by atoms with Gasteiger partial charge in [0.05, 0.1) is 0 Å². The van der Waals surface area contributed by atoms with Gasteiger partial charge in [-0.3, -0.25) is 4.79 Å². The fraction of sp³-hybridized carbons (Fsp3) is 0.429. The molecule has 0 saturated carbocycles. The summed E-state index contributed by atoms with van der Waals surface area (Å²) in [6.07, 6.45) is 1.03. The number of amides is 1. The van der Waals surface area contributed by atoms with Crippen molar-refractivity contribution in [2.45, 2.75) is 32.2 Å². The first-order valence-electron chi connectivity index (χ1n) is 6.30. The topological polar surface area (TPSA) is 75.6 Å². The van der Waals surface area contributed by atoms with Crippen LogP contribution in [0.15, 0.2) is 28.7 Å². The summed E-state index contributed by atoms with van der Waals surface area (Å²) in [4.78, 5) is 23.0. The maximum Gasteiger partial charge on any atom is 0.329 e. The zero-order valence-corrected chi connectivity index (χ0v) is 13.1. The number of carbonyl (C=O) groups is 2. The second-order valence-corrected chi connectivity index (χ2v) is 5.59. The van der Waals surface area contributed by atoms with Crippen molar-refractivity contribution < 1.29 is 19.4 Å². The summed E-state index contributed by atoms with van der Waals surface area (Å²) in [5.41, 5.74) is -1.26. The molecule has 20 heavy (non-hydrogen) atoms. The molecule has 0 aliphatic carbocycles. The number of hydrogen-bond acceptors (Lipinski definition) is 3. The van der Waals surface area contributed by atoms with Crippen LogP contribution in [-0.4, -0.2) is 29.1 Å². The first-order chi connectivity index (χ1) is 9.37. The average Bonchev–Trinajstić information content (AvgIpc) is 2.38. The minimum absolute atomic E-state index is 0.214. The Hall–Kier alpha value is -1.56. The number of aliphatic carboxylic acids is 1. The summed E-state index contributed by atoms with van der Waals surface area (Å²) in [5, 5.41) is 11.7. The smallest absolute Gasteiger partial charge is 0.329 e. The normalized spacial score (nSPS) is 13.3. The standard InChI is InChI=1S/C14H18BrNO4/c1-3-8-14(2,13(18)19)16-12(17)9-20-11-6-4-10(15)5-7-11/h4-7H,3,8-9H2,1-2H3,(H,16,17)(H,18,19). The van der Waals surface area contributed by atoms with E-state index >= 15 is 0 Å². The number of carboxylic acids is 1. The van der Waals surface area contributed by atoms with E-state index in [9.17, 15) is 9.59 Å². The summed E-state index contributed by atoms with van der Waals surface area (Å²) in [6, 6.07) is 7.04. The van der Waals surface area contributed by atoms with E-state index in [-0.39, 0.29) is 6.61 Å². The minimum Gasteiger partial charge on any atom is -0.484 e. The first kappa shape index (κ1) is 16.5. The molecule has 110 valence electrons. The quantitative estimate of drug-likeness (QED) is 0.797. The molecule has 1 aromatic rings. The lowest BCUT2D eigenvalue weighted by molar-refractivity contribution is -0.147. The van der Waals surface area contributed by atoms with E-state index in [1.165, 1.54) is 6.92 Å². The molecule has 1 amide bonds. The van der Waals surface area contributed by atoms with Crippen LogP contribution in [0.3, 0.4) is 0 Å². The van der Waals surface area contributed by atoms with Crippen LogP contribution in [0.25, 0.3) is 0 Å². The van der Waals surface area contributed by atoms with Gasteiger partial charge in [0.1, 0.15) is 11.3 Å². The Morgan fingerprint density at radius 3 is 2.45 bits per heavy atom. The van der Waals surface area contributed by atoms with Gasteiger partial charge >= 0.3 is 5.97 Å². The average molecular weight is 344 g/mol. The molecule has 0 bridgehead atoms. The predicted octanol–water partition coefficient (Wildman–Crippen LogP) is 2.59. The van der Waals surface area contributed by atoms with Crippen LogP contribution in [-0.2, 0) is 9.59 Å². The molecule has 0 aliphatic rings. The molecule has 1 aromatic carbocycles. The van der Waals surface area contributed by atoms with Gasteiger partial charge in [0, 0.05) is 4.47 Å². The molecule has 1 unspecified atom stereocenters. The molecule has 0 aromatic heterocycles. The highest BCUT2D eigenvalue weighted by molar-refractivity contribution is 9.10. The Balaban J connectivity index is 2.54. The third-order valence-corrected chi connectivity index (χ3v) is 3.35. The molecule has 0 saturated heterocycles. The van der Waals surface area contributed by atoms with E-state index in [4.69, 9.17) is 9.84 Å². The molecule has 6 heteroatoms. The third kappa shape index (κ3) is 4.85. The van der Waals surface area contributed by atoms with Crippen LogP contribution in [0.1, 0.15) is 26.7 Å². The fourth-order valence-corrected chi connectivity index (χ4v) is 2.01. The number of rotatable bonds is 7. The van der Waals surface area contributed by atoms with E-state index in [1.54, 1.807) is 24.3 Å². The Morgan fingerprint density at radius 2 is 1.95 bits per heavy atom. The van der Waals surface area contributed by atoms with Gasteiger partial charge in [-0.25, -0.2) is 4.79 Å². The molecule has 1 rings (SSSR count). The zero-order chi connectivity index (χ0) is 15.2. The Kier molecular flexibility index (Phi) is 6.01. The number of nitrogens with one attached hydrogen (secondary N) is 1. The molecule has 5 nitrogen and oxygen atoms in total. The maximum atomic E-state index is 11.8. The van der Waals surface area contributed by atoms with Gasteiger partial charge in [0.25, 0.3) is 5.91 Å². The van der Waals surface area contributed by atoms with Crippen molar-refractivity contribution in [1.29, 1.82) is 0 Å². The molecule has 0 radical (unpaired) electrons. The van der Waals surface area contributed by atoms with E-state index < -0.39 is 17.4 Å². The molecular weight excluding hydrogens is 326 g/mol. The summed E-state index contributed by atoms with van der Waals surface area (Å²) in [6.45, 7) is 3.15. The van der Waals surface area contributed by atoms with Gasteiger partial charge in [0.2, 0.25) is 0 Å². The van der Waals surface area contributed by atoms with Crippen molar-refractivity contribution in [2.75, 3.05) is 6.61 Å². The van der Waals surface area contributed by atoms with Crippen LogP contribution in [0.4, 0.5) is 0 Å². The van der Waals surface area contributed by atoms with Crippen LogP contribution in [0.2, 0.25) is 0 Å². The van der Waals surface area contributed by atoms with E-state index in [0.29, 0.717) is 18.6 Å². The van der Waals surface area contributed by atoms with Crippen molar-refractivity contribution in [3.05, 3.63) is 28.7 Å². The van der Waals surface area contributed by atoms with Gasteiger partial charge in [-0.05, 0) is 37.6 Å². The minimum atomic E-state index is -1.26. The summed E-state index contributed by atoms with van der Waals surface area (Å²) < 4.78 is 6.21. The summed E-state index contributed by atoms with van der Waals surface area (Å²) >= 11 is 3.30. The molecular formula is C14H18BrNO4. The summed E-state index contributed by atoms with van der Waals surface area (Å²) in [7, 11) is 0. The number of benzene rings is 1.